The summed E-state index contributed by atoms with van der Waals surface area (Å²) in [6.07, 6.45) is 5.85. The molecule has 0 aliphatic carbocycles. The van der Waals surface area contributed by atoms with E-state index in [0.29, 0.717) is 12.2 Å². The van der Waals surface area contributed by atoms with Gasteiger partial charge in [0.25, 0.3) is 5.56 Å². The van der Waals surface area contributed by atoms with Gasteiger partial charge in [-0.2, -0.15) is 5.10 Å². The molecule has 0 saturated carbocycles. The van der Waals surface area contributed by atoms with E-state index in [1.807, 2.05) is 12.1 Å². The van der Waals surface area contributed by atoms with Gasteiger partial charge in [-0.05, 0) is 50.3 Å². The predicted octanol–water partition coefficient (Wildman–Crippen LogP) is 2.20. The molecule has 0 spiro atoms. The third-order valence-corrected chi connectivity index (χ3v) is 5.60. The number of hydrogen-bond acceptors (Lipinski definition) is 5. The topological polar surface area (TPSA) is 76.5 Å². The van der Waals surface area contributed by atoms with Crippen molar-refractivity contribution in [1.82, 2.24) is 15.1 Å². The normalized spacial score (nSPS) is 19.3. The molecule has 2 saturated heterocycles. The molecule has 2 aromatic rings. The Kier molecular flexibility index (Phi) is 6.24. The van der Waals surface area contributed by atoms with E-state index in [1.165, 1.54) is 35.7 Å². The summed E-state index contributed by atoms with van der Waals surface area (Å²) in [4.78, 5) is 26.8. The summed E-state index contributed by atoms with van der Waals surface area (Å²) in [5.41, 5.74) is 2.54. The second kappa shape index (κ2) is 9.22. The summed E-state index contributed by atoms with van der Waals surface area (Å²) >= 11 is 0. The van der Waals surface area contributed by atoms with Crippen LogP contribution in [0, 0.1) is 0 Å². The molecule has 1 aromatic heterocycles. The van der Waals surface area contributed by atoms with Crippen molar-refractivity contribution >= 4 is 11.6 Å². The first kappa shape index (κ1) is 19.6. The van der Waals surface area contributed by atoms with Crippen molar-refractivity contribution in [3.05, 3.63) is 46.8 Å². The maximum atomic E-state index is 12.2. The van der Waals surface area contributed by atoms with Gasteiger partial charge >= 0.3 is 0 Å². The molecule has 29 heavy (non-hydrogen) atoms. The van der Waals surface area contributed by atoms with Crippen LogP contribution in [0.25, 0.3) is 11.3 Å². The maximum absolute atomic E-state index is 12.2. The Morgan fingerprint density at radius 2 is 1.86 bits per heavy atom. The van der Waals surface area contributed by atoms with Gasteiger partial charge in [0.05, 0.1) is 11.8 Å². The molecule has 2 aliphatic rings. The van der Waals surface area contributed by atoms with Crippen molar-refractivity contribution in [1.29, 1.82) is 0 Å². The van der Waals surface area contributed by atoms with Crippen molar-refractivity contribution in [3.8, 4) is 11.3 Å². The number of nitrogens with zero attached hydrogens (tertiary/aromatic N) is 3. The number of nitrogens with one attached hydrogen (secondary N) is 1. The van der Waals surface area contributed by atoms with E-state index < -0.39 is 0 Å². The van der Waals surface area contributed by atoms with Gasteiger partial charge in [-0.15, -0.1) is 0 Å². The van der Waals surface area contributed by atoms with E-state index in [4.69, 9.17) is 4.74 Å². The molecule has 3 heterocycles. The zero-order valence-electron chi connectivity index (χ0n) is 16.7. The number of amides is 1. The van der Waals surface area contributed by atoms with Crippen LogP contribution >= 0.6 is 0 Å². The molecule has 2 fully saturated rings. The summed E-state index contributed by atoms with van der Waals surface area (Å²) in [5.74, 6) is -0.229. The minimum atomic E-state index is -0.286. The summed E-state index contributed by atoms with van der Waals surface area (Å²) in [6, 6.07) is 11.4. The smallest absolute Gasteiger partial charge is 0.267 e. The van der Waals surface area contributed by atoms with Crippen molar-refractivity contribution in [2.45, 2.75) is 44.8 Å². The summed E-state index contributed by atoms with van der Waals surface area (Å²) in [7, 11) is 0. The van der Waals surface area contributed by atoms with Crippen LogP contribution in [0.1, 0.15) is 32.1 Å². The lowest BCUT2D eigenvalue weighted by Crippen LogP contribution is -2.37. The highest BCUT2D eigenvalue weighted by atomic mass is 16.5. The lowest BCUT2D eigenvalue weighted by molar-refractivity contribution is -0.122. The Labute approximate surface area is 170 Å². The summed E-state index contributed by atoms with van der Waals surface area (Å²) in [6.45, 7) is 3.34. The van der Waals surface area contributed by atoms with Crippen molar-refractivity contribution in [2.75, 3.05) is 31.1 Å². The molecule has 0 radical (unpaired) electrons. The van der Waals surface area contributed by atoms with E-state index in [0.717, 1.165) is 38.1 Å². The maximum Gasteiger partial charge on any atom is 0.267 e. The summed E-state index contributed by atoms with van der Waals surface area (Å²) < 4.78 is 6.73. The highest BCUT2D eigenvalue weighted by Crippen LogP contribution is 2.23. The molecule has 1 N–H and O–H groups in total. The Morgan fingerprint density at radius 3 is 2.59 bits per heavy atom. The molecule has 1 amide bonds. The molecule has 1 aromatic carbocycles. The largest absolute Gasteiger partial charge is 0.376 e. The minimum Gasteiger partial charge on any atom is -0.376 e. The van der Waals surface area contributed by atoms with Crippen LogP contribution in [0.2, 0.25) is 0 Å². The van der Waals surface area contributed by atoms with Crippen LogP contribution in [-0.2, 0) is 16.1 Å². The van der Waals surface area contributed by atoms with Crippen molar-refractivity contribution < 1.29 is 9.53 Å². The number of ether oxygens (including phenoxy) is 1. The van der Waals surface area contributed by atoms with E-state index >= 15 is 0 Å². The zero-order valence-corrected chi connectivity index (χ0v) is 16.7. The second-order valence-corrected chi connectivity index (χ2v) is 7.75. The quantitative estimate of drug-likeness (QED) is 0.810. The third kappa shape index (κ3) is 5.03. The van der Waals surface area contributed by atoms with Crippen molar-refractivity contribution in [3.63, 3.8) is 0 Å². The fourth-order valence-electron chi connectivity index (χ4n) is 3.94. The van der Waals surface area contributed by atoms with Crippen LogP contribution in [0.15, 0.2) is 41.2 Å². The van der Waals surface area contributed by atoms with E-state index in [2.05, 4.69) is 27.4 Å². The fraction of sp³-hybridized carbons (Fsp3) is 0.500. The van der Waals surface area contributed by atoms with Crippen molar-refractivity contribution in [2.24, 2.45) is 0 Å². The van der Waals surface area contributed by atoms with E-state index in [1.54, 1.807) is 6.07 Å². The molecule has 154 valence electrons. The van der Waals surface area contributed by atoms with E-state index in [-0.39, 0.29) is 24.1 Å². The first-order valence-electron chi connectivity index (χ1n) is 10.5. The van der Waals surface area contributed by atoms with Crippen LogP contribution < -0.4 is 15.8 Å². The predicted molar refractivity (Wildman–Crippen MR) is 112 cm³/mol. The average Bonchev–Trinajstić information content (AvgIpc) is 3.28. The number of carbonyl (C=O) groups excluding carboxylic acids is 1. The molecule has 7 heteroatoms. The Hall–Kier alpha value is -2.67. The Bertz CT molecular complexity index is 882. The molecule has 0 unspecified atom stereocenters. The molecule has 0 bridgehead atoms. The molecule has 1 atom stereocenters. The SMILES string of the molecule is O=C(Cn1nc(-c2ccc(N3CCCCC3)cc2)ccc1=O)NC[C@H]1CCCO1. The van der Waals surface area contributed by atoms with Gasteiger partial charge in [-0.1, -0.05) is 12.1 Å². The van der Waals surface area contributed by atoms with Crippen LogP contribution in [0.3, 0.4) is 0 Å². The first-order valence-corrected chi connectivity index (χ1v) is 10.5. The van der Waals surface area contributed by atoms with Gasteiger partial charge in [0.15, 0.2) is 0 Å². The van der Waals surface area contributed by atoms with Crippen LogP contribution in [0.5, 0.6) is 0 Å². The molecular formula is C22H28N4O3. The van der Waals surface area contributed by atoms with Gasteiger partial charge in [0, 0.05) is 43.6 Å². The fourth-order valence-corrected chi connectivity index (χ4v) is 3.94. The monoisotopic (exact) mass is 396 g/mol. The number of carbonyl (C=O) groups is 1. The van der Waals surface area contributed by atoms with Crippen LogP contribution in [0.4, 0.5) is 5.69 Å². The van der Waals surface area contributed by atoms with E-state index in [9.17, 15) is 9.59 Å². The van der Waals surface area contributed by atoms with Gasteiger partial charge in [-0.3, -0.25) is 9.59 Å². The molecule has 2 aliphatic heterocycles. The third-order valence-electron chi connectivity index (χ3n) is 5.60. The molecular weight excluding hydrogens is 368 g/mol. The van der Waals surface area contributed by atoms with Gasteiger partial charge in [-0.25, -0.2) is 4.68 Å². The van der Waals surface area contributed by atoms with Gasteiger partial charge in [0.2, 0.25) is 5.91 Å². The number of benzene rings is 1. The number of anilines is 1. The zero-order chi connectivity index (χ0) is 20.1. The molecule has 4 rings (SSSR count). The Morgan fingerprint density at radius 1 is 1.07 bits per heavy atom. The minimum absolute atomic E-state index is 0.0772. The highest BCUT2D eigenvalue weighted by molar-refractivity contribution is 5.75. The lowest BCUT2D eigenvalue weighted by Gasteiger charge is -2.28. The summed E-state index contributed by atoms with van der Waals surface area (Å²) in [5, 5.41) is 7.24. The highest BCUT2D eigenvalue weighted by Gasteiger charge is 2.17. The lowest BCUT2D eigenvalue weighted by atomic mass is 10.1. The number of rotatable bonds is 6. The second-order valence-electron chi connectivity index (χ2n) is 7.75. The average molecular weight is 396 g/mol. The standard InChI is InChI=1S/C22H28N4O3/c27-21(23-15-19-5-4-14-29-19)16-26-22(28)11-10-20(24-26)17-6-8-18(9-7-17)25-12-2-1-3-13-25/h6-11,19H,1-5,12-16H2,(H,23,27)/t19-/m1/s1. The van der Waals surface area contributed by atoms with Gasteiger partial charge in [0.1, 0.15) is 6.54 Å². The number of piperidine rings is 1. The number of aromatic nitrogens is 2. The first-order chi connectivity index (χ1) is 14.2. The molecule has 7 nitrogen and oxygen atoms in total. The Balaban J connectivity index is 1.41. The van der Waals surface area contributed by atoms with Gasteiger partial charge < -0.3 is 15.0 Å². The van der Waals surface area contributed by atoms with Crippen LogP contribution in [-0.4, -0.2) is 48.0 Å². The number of hydrogen-bond donors (Lipinski definition) is 1.